The minimum absolute atomic E-state index is 0.0172. The Morgan fingerprint density at radius 3 is 2.66 bits per heavy atom. The molecule has 2 unspecified atom stereocenters. The number of aromatic nitrogens is 2. The van der Waals surface area contributed by atoms with Gasteiger partial charge < -0.3 is 14.8 Å². The number of rotatable bonds is 5. The van der Waals surface area contributed by atoms with Gasteiger partial charge in [-0.2, -0.15) is 0 Å². The molecule has 1 aliphatic rings. The average Bonchev–Trinajstić information content (AvgIpc) is 3.18. The molecule has 1 fully saturated rings. The van der Waals surface area contributed by atoms with E-state index in [1.165, 1.54) is 17.0 Å². The van der Waals surface area contributed by atoms with Gasteiger partial charge in [0.2, 0.25) is 0 Å². The van der Waals surface area contributed by atoms with Gasteiger partial charge in [0.15, 0.2) is 5.11 Å². The first kappa shape index (κ1) is 19.9. The first-order valence-corrected chi connectivity index (χ1v) is 10.7. The summed E-state index contributed by atoms with van der Waals surface area (Å²) >= 11 is 12.0. The summed E-state index contributed by atoms with van der Waals surface area (Å²) in [4.78, 5) is 6.93. The van der Waals surface area contributed by atoms with Crippen LogP contribution < -0.4 is 5.32 Å². The third-order valence-corrected chi connectivity index (χ3v) is 6.11. The van der Waals surface area contributed by atoms with Crippen LogP contribution in [0.25, 0.3) is 5.69 Å². The Morgan fingerprint density at radius 2 is 1.97 bits per heavy atom. The predicted molar refractivity (Wildman–Crippen MR) is 123 cm³/mol. The van der Waals surface area contributed by atoms with Crippen molar-refractivity contribution in [1.82, 2.24) is 19.8 Å². The largest absolute Gasteiger partial charge is 0.352 e. The van der Waals surface area contributed by atoms with E-state index in [0.717, 1.165) is 34.5 Å². The van der Waals surface area contributed by atoms with E-state index in [9.17, 15) is 0 Å². The fraction of sp³-hybridized carbons (Fsp3) is 0.304. The van der Waals surface area contributed by atoms with Crippen molar-refractivity contribution in [2.45, 2.75) is 39.3 Å². The Balaban J connectivity index is 1.84. The van der Waals surface area contributed by atoms with Crippen LogP contribution in [0.5, 0.6) is 0 Å². The number of nitrogens with one attached hydrogen (secondary N) is 1. The van der Waals surface area contributed by atoms with E-state index in [0.29, 0.717) is 0 Å². The van der Waals surface area contributed by atoms with Crippen molar-refractivity contribution in [2.24, 2.45) is 0 Å². The highest BCUT2D eigenvalue weighted by Crippen LogP contribution is 2.41. The van der Waals surface area contributed by atoms with Crippen molar-refractivity contribution < 1.29 is 0 Å². The Kier molecular flexibility index (Phi) is 5.61. The topological polar surface area (TPSA) is 33.1 Å². The maximum atomic E-state index is 6.26. The summed E-state index contributed by atoms with van der Waals surface area (Å²) < 4.78 is 2.27. The zero-order valence-electron chi connectivity index (χ0n) is 16.9. The number of aryl methyl sites for hydroxylation is 1. The van der Waals surface area contributed by atoms with Crippen molar-refractivity contribution in [3.63, 3.8) is 0 Å². The monoisotopic (exact) mass is 424 g/mol. The predicted octanol–water partition coefficient (Wildman–Crippen LogP) is 5.53. The van der Waals surface area contributed by atoms with Gasteiger partial charge in [0.1, 0.15) is 0 Å². The number of hydrogen-bond acceptors (Lipinski definition) is 2. The first-order chi connectivity index (χ1) is 14.0. The van der Waals surface area contributed by atoms with Gasteiger partial charge in [0, 0.05) is 34.8 Å². The van der Waals surface area contributed by atoms with Crippen molar-refractivity contribution in [3.05, 3.63) is 82.4 Å². The van der Waals surface area contributed by atoms with Crippen molar-refractivity contribution >= 4 is 28.9 Å². The van der Waals surface area contributed by atoms with Gasteiger partial charge in [-0.3, -0.25) is 4.98 Å². The molecule has 6 heteroatoms. The van der Waals surface area contributed by atoms with Crippen LogP contribution in [0.1, 0.15) is 48.1 Å². The Morgan fingerprint density at radius 1 is 1.14 bits per heavy atom. The second kappa shape index (κ2) is 8.17. The lowest BCUT2D eigenvalue weighted by atomic mass is 9.96. The van der Waals surface area contributed by atoms with E-state index in [4.69, 9.17) is 23.8 Å². The van der Waals surface area contributed by atoms with E-state index in [2.05, 4.69) is 58.7 Å². The number of halogens is 1. The molecule has 0 radical (unpaired) electrons. The summed E-state index contributed by atoms with van der Waals surface area (Å²) in [6.45, 7) is 7.39. The third-order valence-electron chi connectivity index (χ3n) is 5.52. The zero-order valence-corrected chi connectivity index (χ0v) is 18.5. The second-order valence-electron chi connectivity index (χ2n) is 7.46. The third kappa shape index (κ3) is 3.65. The molecule has 0 spiro atoms. The first-order valence-electron chi connectivity index (χ1n) is 9.94. The molecule has 0 amide bonds. The molecule has 4 nitrogen and oxygen atoms in total. The smallest absolute Gasteiger partial charge is 0.170 e. The Labute approximate surface area is 182 Å². The van der Waals surface area contributed by atoms with Crippen LogP contribution in [-0.4, -0.2) is 26.1 Å². The minimum atomic E-state index is 0.0172. The summed E-state index contributed by atoms with van der Waals surface area (Å²) in [6.07, 6.45) is 2.87. The fourth-order valence-electron chi connectivity index (χ4n) is 4.33. The molecule has 3 heterocycles. The normalized spacial score (nSPS) is 18.9. The molecule has 29 heavy (non-hydrogen) atoms. The summed E-state index contributed by atoms with van der Waals surface area (Å²) in [5, 5.41) is 5.05. The van der Waals surface area contributed by atoms with Crippen LogP contribution in [0.15, 0.2) is 54.7 Å². The van der Waals surface area contributed by atoms with Gasteiger partial charge in [-0.15, -0.1) is 0 Å². The Hall–Kier alpha value is -2.37. The lowest BCUT2D eigenvalue weighted by Gasteiger charge is -2.27. The van der Waals surface area contributed by atoms with Crippen LogP contribution in [0.2, 0.25) is 5.02 Å². The molecule has 150 valence electrons. The molecular weight excluding hydrogens is 400 g/mol. The van der Waals surface area contributed by atoms with Gasteiger partial charge in [-0.1, -0.05) is 30.7 Å². The summed E-state index contributed by atoms with van der Waals surface area (Å²) in [7, 11) is 0. The summed E-state index contributed by atoms with van der Waals surface area (Å²) in [5.41, 5.74) is 5.71. The van der Waals surface area contributed by atoms with Gasteiger partial charge in [-0.05, 0) is 74.4 Å². The van der Waals surface area contributed by atoms with Gasteiger partial charge in [0.25, 0.3) is 0 Å². The van der Waals surface area contributed by atoms with Gasteiger partial charge >= 0.3 is 0 Å². The lowest BCUT2D eigenvalue weighted by Crippen LogP contribution is -2.30. The molecule has 0 saturated carbocycles. The van der Waals surface area contributed by atoms with E-state index in [-0.39, 0.29) is 12.1 Å². The molecule has 1 saturated heterocycles. The quantitative estimate of drug-likeness (QED) is 0.546. The van der Waals surface area contributed by atoms with Gasteiger partial charge in [0.05, 0.1) is 17.8 Å². The van der Waals surface area contributed by atoms with Gasteiger partial charge in [-0.25, -0.2) is 0 Å². The molecule has 2 atom stereocenters. The van der Waals surface area contributed by atoms with Crippen molar-refractivity contribution in [2.75, 3.05) is 6.54 Å². The van der Waals surface area contributed by atoms with E-state index < -0.39 is 0 Å². The highest BCUT2D eigenvalue weighted by Gasteiger charge is 2.40. The Bertz CT molecular complexity index is 1030. The van der Waals surface area contributed by atoms with E-state index in [1.807, 2.05) is 36.5 Å². The lowest BCUT2D eigenvalue weighted by molar-refractivity contribution is 0.316. The molecule has 2 aromatic heterocycles. The molecule has 3 aromatic rings. The summed E-state index contributed by atoms with van der Waals surface area (Å²) in [6, 6.07) is 16.4. The number of thiocarbonyl (C=S) groups is 1. The van der Waals surface area contributed by atoms with Crippen LogP contribution >= 0.6 is 23.8 Å². The number of nitrogens with zero attached hydrogens (tertiary/aromatic N) is 3. The average molecular weight is 425 g/mol. The highest BCUT2D eigenvalue weighted by molar-refractivity contribution is 7.80. The zero-order chi connectivity index (χ0) is 20.5. The molecule has 0 bridgehead atoms. The fourth-order valence-corrected chi connectivity index (χ4v) is 4.84. The van der Waals surface area contributed by atoms with E-state index >= 15 is 0 Å². The maximum Gasteiger partial charge on any atom is 0.170 e. The molecule has 0 aliphatic carbocycles. The summed E-state index contributed by atoms with van der Waals surface area (Å²) in [5.74, 6) is 0. The number of hydrogen-bond donors (Lipinski definition) is 1. The molecule has 1 aliphatic heterocycles. The molecule has 4 rings (SSSR count). The molecule has 1 N–H and O–H groups in total. The SMILES string of the molecule is CCCN1C(=S)NC(c2ccccn2)C1c1cc(C)n(-c2cccc(Cl)c2)c1C. The molecular formula is C23H25ClN4S. The minimum Gasteiger partial charge on any atom is -0.352 e. The van der Waals surface area contributed by atoms with Crippen LogP contribution in [0.3, 0.4) is 0 Å². The number of pyridine rings is 1. The van der Waals surface area contributed by atoms with E-state index in [1.54, 1.807) is 0 Å². The van der Waals surface area contributed by atoms with Crippen molar-refractivity contribution in [1.29, 1.82) is 0 Å². The van der Waals surface area contributed by atoms with Crippen molar-refractivity contribution in [3.8, 4) is 5.69 Å². The molecule has 1 aromatic carbocycles. The van der Waals surface area contributed by atoms with Crippen LogP contribution in [-0.2, 0) is 0 Å². The number of benzene rings is 1. The second-order valence-corrected chi connectivity index (χ2v) is 8.28. The maximum absolute atomic E-state index is 6.26. The van der Waals surface area contributed by atoms with Crippen LogP contribution in [0, 0.1) is 13.8 Å². The highest BCUT2D eigenvalue weighted by atomic mass is 35.5. The standard InChI is InChI=1S/C23H25ClN4S/c1-4-12-27-22(21(26-23(27)29)20-10-5-6-11-25-20)19-13-15(2)28(16(19)3)18-9-7-8-17(24)14-18/h5-11,13-14,21-22H,4,12H2,1-3H3,(H,26,29). The van der Waals surface area contributed by atoms with Crippen LogP contribution in [0.4, 0.5) is 0 Å².